The van der Waals surface area contributed by atoms with Crippen molar-refractivity contribution in [2.75, 3.05) is 6.54 Å². The van der Waals surface area contributed by atoms with E-state index < -0.39 is 23.5 Å². The maximum absolute atomic E-state index is 13.1. The van der Waals surface area contributed by atoms with Crippen LogP contribution in [0.1, 0.15) is 17.5 Å². The van der Waals surface area contributed by atoms with Crippen molar-refractivity contribution in [2.24, 2.45) is 0 Å². The first-order valence-electron chi connectivity index (χ1n) is 8.27. The normalized spacial score (nSPS) is 11.3. The van der Waals surface area contributed by atoms with Crippen LogP contribution in [0.3, 0.4) is 0 Å². The van der Waals surface area contributed by atoms with Crippen LogP contribution in [0.2, 0.25) is 5.02 Å². The number of carbonyl (C=O) groups is 2. The Hall–Kier alpha value is -2.86. The Labute approximate surface area is 161 Å². The molecule has 0 radical (unpaired) electrons. The average Bonchev–Trinajstić information content (AvgIpc) is 2.63. The highest BCUT2D eigenvalue weighted by atomic mass is 35.5. The van der Waals surface area contributed by atoms with Gasteiger partial charge in [0.25, 0.3) is 5.91 Å². The summed E-state index contributed by atoms with van der Waals surface area (Å²) in [5.74, 6) is -3.64. The van der Waals surface area contributed by atoms with Gasteiger partial charge in [0.05, 0.1) is 6.08 Å². The molecular weight excluding hydrogens is 373 g/mol. The van der Waals surface area contributed by atoms with Crippen molar-refractivity contribution in [3.05, 3.63) is 82.3 Å². The molecule has 0 aliphatic rings. The fourth-order valence-electron chi connectivity index (χ4n) is 2.51. The number of hydrogen-bond donors (Lipinski definition) is 2. The zero-order valence-corrected chi connectivity index (χ0v) is 15.2. The molecule has 5 nitrogen and oxygen atoms in total. The zero-order valence-electron chi connectivity index (χ0n) is 14.4. The maximum Gasteiger partial charge on any atom is 0.371 e. The number of benzene rings is 2. The topological polar surface area (TPSA) is 77.8 Å². The number of nitrogens with zero attached hydrogens (tertiary/aromatic N) is 1. The number of rotatable bonds is 8. The molecular formula is C20H19ClFNO4. The second kappa shape index (κ2) is 9.73. The Bertz CT molecular complexity index is 836. The van der Waals surface area contributed by atoms with E-state index in [4.69, 9.17) is 16.7 Å². The summed E-state index contributed by atoms with van der Waals surface area (Å²) >= 11 is 6.13. The van der Waals surface area contributed by atoms with Gasteiger partial charge in [0, 0.05) is 18.1 Å². The van der Waals surface area contributed by atoms with Crippen LogP contribution in [0.5, 0.6) is 0 Å². The summed E-state index contributed by atoms with van der Waals surface area (Å²) in [6.07, 6.45) is 1.88. The fraction of sp³-hybridized carbons (Fsp3) is 0.200. The van der Waals surface area contributed by atoms with Gasteiger partial charge in [0.15, 0.2) is 0 Å². The molecule has 2 rings (SSSR count). The molecule has 0 bridgehead atoms. The van der Waals surface area contributed by atoms with E-state index >= 15 is 0 Å². The number of aliphatic hydroxyl groups is 1. The van der Waals surface area contributed by atoms with E-state index in [2.05, 4.69) is 0 Å². The largest absolute Gasteiger partial charge is 0.502 e. The molecule has 1 amide bonds. The van der Waals surface area contributed by atoms with E-state index in [0.717, 1.165) is 5.56 Å². The minimum atomic E-state index is -1.58. The van der Waals surface area contributed by atoms with Crippen molar-refractivity contribution in [1.29, 1.82) is 0 Å². The van der Waals surface area contributed by atoms with Crippen LogP contribution < -0.4 is 0 Å². The molecule has 0 aliphatic heterocycles. The quantitative estimate of drug-likeness (QED) is 0.527. The first kappa shape index (κ1) is 20.5. The third-order valence-electron chi connectivity index (χ3n) is 3.91. The van der Waals surface area contributed by atoms with E-state index in [9.17, 15) is 19.1 Å². The molecule has 142 valence electrons. The lowest BCUT2D eigenvalue weighted by molar-refractivity contribution is -0.136. The van der Waals surface area contributed by atoms with Gasteiger partial charge in [-0.15, -0.1) is 0 Å². The number of carboxylic acids is 1. The SMILES string of the molecule is O=C(O)C(O)=CC(=O)N(CCCc1ccccc1Cl)Cc1ccc(F)cc1. The Morgan fingerprint density at radius 3 is 2.37 bits per heavy atom. The molecule has 0 unspecified atom stereocenters. The molecule has 27 heavy (non-hydrogen) atoms. The van der Waals surface area contributed by atoms with Crippen molar-refractivity contribution >= 4 is 23.5 Å². The molecule has 0 heterocycles. The van der Waals surface area contributed by atoms with Gasteiger partial charge in [-0.05, 0) is 42.2 Å². The number of halogens is 2. The number of aliphatic carboxylic acids is 1. The molecule has 0 spiro atoms. The predicted octanol–water partition coefficient (Wildman–Crippen LogP) is 3.97. The second-order valence-electron chi connectivity index (χ2n) is 5.92. The van der Waals surface area contributed by atoms with E-state index in [-0.39, 0.29) is 6.54 Å². The van der Waals surface area contributed by atoms with Gasteiger partial charge in [-0.2, -0.15) is 0 Å². The highest BCUT2D eigenvalue weighted by Crippen LogP contribution is 2.17. The molecule has 7 heteroatoms. The van der Waals surface area contributed by atoms with Gasteiger partial charge in [0.2, 0.25) is 5.76 Å². The summed E-state index contributed by atoms with van der Waals surface area (Å²) < 4.78 is 13.1. The van der Waals surface area contributed by atoms with Crippen LogP contribution in [-0.2, 0) is 22.6 Å². The van der Waals surface area contributed by atoms with Gasteiger partial charge in [-0.3, -0.25) is 4.79 Å². The summed E-state index contributed by atoms with van der Waals surface area (Å²) in [5, 5.41) is 18.7. The summed E-state index contributed by atoms with van der Waals surface area (Å²) in [4.78, 5) is 24.5. The Kier molecular flexibility index (Phi) is 7.37. The van der Waals surface area contributed by atoms with E-state index in [0.29, 0.717) is 36.0 Å². The Balaban J connectivity index is 2.09. The van der Waals surface area contributed by atoms with Gasteiger partial charge < -0.3 is 15.1 Å². The molecule has 0 saturated carbocycles. The van der Waals surface area contributed by atoms with Crippen molar-refractivity contribution in [3.63, 3.8) is 0 Å². The number of carbonyl (C=O) groups excluding carboxylic acids is 1. The highest BCUT2D eigenvalue weighted by molar-refractivity contribution is 6.31. The molecule has 0 aromatic heterocycles. The van der Waals surface area contributed by atoms with Crippen molar-refractivity contribution < 1.29 is 24.2 Å². The average molecular weight is 392 g/mol. The zero-order chi connectivity index (χ0) is 19.8. The van der Waals surface area contributed by atoms with Crippen LogP contribution in [0.4, 0.5) is 4.39 Å². The first-order chi connectivity index (χ1) is 12.9. The Morgan fingerprint density at radius 2 is 1.74 bits per heavy atom. The molecule has 0 atom stereocenters. The molecule has 2 aromatic rings. The molecule has 0 saturated heterocycles. The fourth-order valence-corrected chi connectivity index (χ4v) is 2.74. The predicted molar refractivity (Wildman–Crippen MR) is 99.9 cm³/mol. The summed E-state index contributed by atoms with van der Waals surface area (Å²) in [7, 11) is 0. The van der Waals surface area contributed by atoms with Crippen molar-refractivity contribution in [3.8, 4) is 0 Å². The van der Waals surface area contributed by atoms with Gasteiger partial charge in [-0.25, -0.2) is 9.18 Å². The second-order valence-corrected chi connectivity index (χ2v) is 6.32. The lowest BCUT2D eigenvalue weighted by atomic mass is 10.1. The monoisotopic (exact) mass is 391 g/mol. The Morgan fingerprint density at radius 1 is 1.07 bits per heavy atom. The van der Waals surface area contributed by atoms with Gasteiger partial charge in [0.1, 0.15) is 5.82 Å². The van der Waals surface area contributed by atoms with E-state index in [1.54, 1.807) is 18.2 Å². The summed E-state index contributed by atoms with van der Waals surface area (Å²) in [6, 6.07) is 13.0. The highest BCUT2D eigenvalue weighted by Gasteiger charge is 2.15. The molecule has 2 aromatic carbocycles. The number of aliphatic hydroxyl groups excluding tert-OH is 1. The van der Waals surface area contributed by atoms with E-state index in [1.165, 1.54) is 17.0 Å². The van der Waals surface area contributed by atoms with Gasteiger partial charge >= 0.3 is 5.97 Å². The van der Waals surface area contributed by atoms with Crippen LogP contribution in [-0.4, -0.2) is 33.5 Å². The number of amides is 1. The van der Waals surface area contributed by atoms with Crippen molar-refractivity contribution in [1.82, 2.24) is 4.90 Å². The van der Waals surface area contributed by atoms with Gasteiger partial charge in [-0.1, -0.05) is 41.9 Å². The lowest BCUT2D eigenvalue weighted by Gasteiger charge is -2.21. The van der Waals surface area contributed by atoms with E-state index in [1.807, 2.05) is 18.2 Å². The minimum Gasteiger partial charge on any atom is -0.502 e. The number of aryl methyl sites for hydroxylation is 1. The molecule has 0 aliphatic carbocycles. The maximum atomic E-state index is 13.1. The molecule has 2 N–H and O–H groups in total. The summed E-state index contributed by atoms with van der Waals surface area (Å²) in [5.41, 5.74) is 1.63. The summed E-state index contributed by atoms with van der Waals surface area (Å²) in [6.45, 7) is 0.468. The smallest absolute Gasteiger partial charge is 0.371 e. The number of carboxylic acid groups (broad SMARTS) is 1. The minimum absolute atomic E-state index is 0.158. The van der Waals surface area contributed by atoms with Crippen molar-refractivity contribution in [2.45, 2.75) is 19.4 Å². The third kappa shape index (κ3) is 6.42. The lowest BCUT2D eigenvalue weighted by Crippen LogP contribution is -2.31. The number of hydrogen-bond acceptors (Lipinski definition) is 3. The standard InChI is InChI=1S/C20H19ClFNO4/c21-17-6-2-1-4-15(17)5-3-11-23(19(25)12-18(24)20(26)27)13-14-7-9-16(22)10-8-14/h1-2,4,6-10,12,24H,3,5,11,13H2,(H,26,27). The van der Waals surface area contributed by atoms with Crippen LogP contribution >= 0.6 is 11.6 Å². The first-order valence-corrected chi connectivity index (χ1v) is 8.65. The third-order valence-corrected chi connectivity index (χ3v) is 4.28. The van der Waals surface area contributed by atoms with Crippen LogP contribution in [0, 0.1) is 5.82 Å². The molecule has 0 fully saturated rings. The van der Waals surface area contributed by atoms with Crippen LogP contribution in [0.15, 0.2) is 60.4 Å². The van der Waals surface area contributed by atoms with Crippen LogP contribution in [0.25, 0.3) is 0 Å².